The average molecular weight is 719 g/mol. The second kappa shape index (κ2) is 39.5. The zero-order valence-corrected chi connectivity index (χ0v) is 36.8. The van der Waals surface area contributed by atoms with Crippen LogP contribution in [-0.4, -0.2) is 73.9 Å². The van der Waals surface area contributed by atoms with Crippen molar-refractivity contribution in [3.63, 3.8) is 0 Å². The molecule has 0 bridgehead atoms. The summed E-state index contributed by atoms with van der Waals surface area (Å²) in [6.07, 6.45) is 54.9. The van der Waals surface area contributed by atoms with Gasteiger partial charge in [0.2, 0.25) is 0 Å². The predicted molar refractivity (Wildman–Crippen MR) is 231 cm³/mol. The summed E-state index contributed by atoms with van der Waals surface area (Å²) in [5.74, 6) is 0. The van der Waals surface area contributed by atoms with Gasteiger partial charge < -0.3 is 0 Å². The Labute approximate surface area is 300 Å². The minimum atomic E-state index is 0.260. The molecule has 0 aromatic heterocycles. The molecule has 0 aromatic carbocycles. The van der Waals surface area contributed by atoms with Gasteiger partial charge in [0.1, 0.15) is 0 Å². The van der Waals surface area contributed by atoms with Gasteiger partial charge in [0.25, 0.3) is 0 Å². The van der Waals surface area contributed by atoms with Crippen molar-refractivity contribution < 1.29 is 0 Å². The van der Waals surface area contributed by atoms with Crippen LogP contribution < -0.4 is 0 Å². The zero-order chi connectivity index (χ0) is 33.8. The van der Waals surface area contributed by atoms with Crippen molar-refractivity contribution in [1.82, 2.24) is 0 Å². The molecule has 46 heavy (non-hydrogen) atoms. The van der Waals surface area contributed by atoms with E-state index < -0.39 is 0 Å². The van der Waals surface area contributed by atoms with Crippen LogP contribution in [-0.2, 0) is 0 Å². The molecule has 0 rings (SSSR count). The Morgan fingerprint density at radius 3 is 0.478 bits per heavy atom. The second-order valence-corrected chi connectivity index (χ2v) is 25.5. The van der Waals surface area contributed by atoms with Gasteiger partial charge in [0, 0.05) is 0 Å². The van der Waals surface area contributed by atoms with E-state index in [2.05, 4.69) is 41.5 Å². The van der Waals surface area contributed by atoms with Crippen molar-refractivity contribution in [3.8, 4) is 0 Å². The van der Waals surface area contributed by atoms with Crippen molar-refractivity contribution in [2.24, 2.45) is 0 Å². The van der Waals surface area contributed by atoms with Gasteiger partial charge in [-0.2, -0.15) is 0 Å². The molecule has 0 aromatic rings. The van der Waals surface area contributed by atoms with Crippen molar-refractivity contribution in [1.29, 1.82) is 0 Å². The van der Waals surface area contributed by atoms with E-state index >= 15 is 0 Å². The monoisotopic (exact) mass is 719 g/mol. The minimum Gasteiger partial charge on any atom is -0.106 e. The summed E-state index contributed by atoms with van der Waals surface area (Å²) in [7, 11) is 1.14. The maximum Gasteiger partial charge on any atom is -0.0286 e. The molecule has 0 aliphatic heterocycles. The Kier molecular flexibility index (Phi) is 41.0. The van der Waals surface area contributed by atoms with E-state index in [1.807, 2.05) is 0 Å². The van der Waals surface area contributed by atoms with E-state index in [9.17, 15) is 0 Å². The van der Waals surface area contributed by atoms with Crippen molar-refractivity contribution in [3.05, 3.63) is 0 Å². The van der Waals surface area contributed by atoms with Gasteiger partial charge in [-0.15, -0.1) is 31.7 Å². The Balaban J connectivity index is 5.45. The summed E-state index contributed by atoms with van der Waals surface area (Å²) in [6, 6.07) is 0. The second-order valence-electron chi connectivity index (χ2n) is 14.7. The van der Waals surface area contributed by atoms with E-state index in [-0.39, 0.29) is 7.92 Å². The van der Waals surface area contributed by atoms with Crippen LogP contribution in [0.15, 0.2) is 0 Å². The largest absolute Gasteiger partial charge is 0.106 e. The molecule has 0 amide bonds. The molecule has 0 unspecified atom stereocenters. The highest BCUT2D eigenvalue weighted by molar-refractivity contribution is 7.64. The summed E-state index contributed by atoms with van der Waals surface area (Å²) >= 11 is 0. The molecule has 0 radical (unpaired) electrons. The number of rotatable bonds is 39. The molecule has 0 fully saturated rings. The van der Waals surface area contributed by atoms with Crippen LogP contribution in [0.1, 0.15) is 196 Å². The highest BCUT2D eigenvalue weighted by atomic mass is 31.1. The van der Waals surface area contributed by atoms with E-state index in [4.69, 9.17) is 0 Å². The summed E-state index contributed by atoms with van der Waals surface area (Å²) in [5.41, 5.74) is 0. The van der Waals surface area contributed by atoms with Crippen LogP contribution in [0.2, 0.25) is 0 Å². The van der Waals surface area contributed by atoms with Gasteiger partial charge in [0.05, 0.1) is 0 Å². The first-order chi connectivity index (χ1) is 22.6. The minimum absolute atomic E-state index is 0.260. The van der Waals surface area contributed by atoms with Crippen LogP contribution in [0.3, 0.4) is 0 Å². The lowest BCUT2D eigenvalue weighted by atomic mass is 10.2. The summed E-state index contributed by atoms with van der Waals surface area (Å²) < 4.78 is 0. The van der Waals surface area contributed by atoms with Crippen molar-refractivity contribution in [2.45, 2.75) is 196 Å². The van der Waals surface area contributed by atoms with Gasteiger partial charge in [-0.25, -0.2) is 0 Å². The van der Waals surface area contributed by atoms with Gasteiger partial charge in [0.15, 0.2) is 0 Å². The molecule has 0 spiro atoms. The lowest BCUT2D eigenvalue weighted by Gasteiger charge is -2.27. The summed E-state index contributed by atoms with van der Waals surface area (Å²) in [6.45, 7) is 14.3. The number of hydrogen-bond donors (Lipinski definition) is 0. The van der Waals surface area contributed by atoms with E-state index in [0.29, 0.717) is 23.8 Å². The normalized spacial score (nSPS) is 12.1. The molecule has 0 atom stereocenters. The first kappa shape index (κ1) is 47.7. The molecule has 278 valence electrons. The number of unbranched alkanes of at least 4 members (excludes halogenated alkanes) is 18. The highest BCUT2D eigenvalue weighted by Crippen LogP contribution is 2.50. The first-order valence-corrected chi connectivity index (χ1v) is 29.1. The van der Waals surface area contributed by atoms with Crippen LogP contribution in [0.25, 0.3) is 0 Å². The van der Waals surface area contributed by atoms with Crippen LogP contribution >= 0.6 is 31.7 Å². The third-order valence-electron chi connectivity index (χ3n) is 10.2. The molecule has 0 aliphatic rings. The maximum absolute atomic E-state index is 2.38. The summed E-state index contributed by atoms with van der Waals surface area (Å²) in [5, 5.41) is 0. The molecular weight excluding hydrogens is 628 g/mol. The molecule has 0 heterocycles. The Hall–Kier alpha value is 1.72. The van der Waals surface area contributed by atoms with Crippen LogP contribution in [0, 0.1) is 0 Å². The lowest BCUT2D eigenvalue weighted by molar-refractivity contribution is 0.695. The topological polar surface area (TPSA) is 0 Å². The molecule has 0 N–H and O–H groups in total. The molecule has 4 heteroatoms. The third-order valence-corrected chi connectivity index (χ3v) is 22.1. The fourth-order valence-electron chi connectivity index (χ4n) is 6.76. The fourth-order valence-corrected chi connectivity index (χ4v) is 20.3. The maximum atomic E-state index is 2.38. The molecule has 0 nitrogen and oxygen atoms in total. The fraction of sp³-hybridized carbons (Fsp3) is 1.00. The summed E-state index contributed by atoms with van der Waals surface area (Å²) in [4.78, 5) is 0. The highest BCUT2D eigenvalue weighted by Gasteiger charge is 2.18. The molecule has 0 aliphatic carbocycles. The van der Waals surface area contributed by atoms with Gasteiger partial charge >= 0.3 is 0 Å². The quantitative estimate of drug-likeness (QED) is 0.0438. The third kappa shape index (κ3) is 32.9. The van der Waals surface area contributed by atoms with E-state index in [1.54, 1.807) is 73.9 Å². The first-order valence-electron chi connectivity index (χ1n) is 21.5. The number of hydrogen-bond acceptors (Lipinski definition) is 0. The smallest absolute Gasteiger partial charge is 0.0286 e. The average Bonchev–Trinajstić information content (AvgIpc) is 3.07. The Morgan fingerprint density at radius 1 is 0.174 bits per heavy atom. The van der Waals surface area contributed by atoms with Crippen molar-refractivity contribution >= 4 is 31.7 Å². The SMILES string of the molecule is CCCCCCP(CCCCCC)CCP(CCP(CCCCCC)CCCCCC)CCP(CCCCCC)CCCCCC. The van der Waals surface area contributed by atoms with Gasteiger partial charge in [-0.1, -0.05) is 157 Å². The molecular formula is C42H90P4. The van der Waals surface area contributed by atoms with E-state index in [1.165, 1.54) is 154 Å². The van der Waals surface area contributed by atoms with Crippen molar-refractivity contribution in [2.75, 3.05) is 73.9 Å². The Bertz CT molecular complexity index is 444. The van der Waals surface area contributed by atoms with Crippen LogP contribution in [0.4, 0.5) is 0 Å². The standard InChI is InChI=1S/C42H90P4/c1-7-13-19-25-31-43(32-26-20-14-8-2)37-40-46(41-38-44(33-27-21-15-9-3)34-28-22-16-10-4)42-39-45(35-29-23-17-11-5)36-30-24-18-12-6/h7-42H2,1-6H3. The van der Waals surface area contributed by atoms with E-state index in [0.717, 1.165) is 0 Å². The zero-order valence-electron chi connectivity index (χ0n) is 33.2. The van der Waals surface area contributed by atoms with Crippen LogP contribution in [0.5, 0.6) is 0 Å². The predicted octanol–water partition coefficient (Wildman–Crippen LogP) is 16.4. The lowest BCUT2D eigenvalue weighted by Crippen LogP contribution is -2.09. The Morgan fingerprint density at radius 2 is 0.326 bits per heavy atom. The molecule has 0 saturated heterocycles. The molecule has 0 saturated carbocycles. The van der Waals surface area contributed by atoms with Gasteiger partial charge in [-0.3, -0.25) is 0 Å². The van der Waals surface area contributed by atoms with Gasteiger partial charge in [-0.05, 0) is 112 Å².